The number of carbonyl (C=O) groups is 1. The highest BCUT2D eigenvalue weighted by molar-refractivity contribution is 6.05. The third-order valence-corrected chi connectivity index (χ3v) is 3.38. The average Bonchev–Trinajstić information content (AvgIpc) is 2.91. The van der Waals surface area contributed by atoms with Crippen LogP contribution in [0.15, 0.2) is 36.7 Å². The molecule has 0 aliphatic carbocycles. The molecule has 2 N–H and O–H groups in total. The van der Waals surface area contributed by atoms with Gasteiger partial charge >= 0.3 is 0 Å². The number of fused-ring (bicyclic) bond motifs is 1. The summed E-state index contributed by atoms with van der Waals surface area (Å²) < 4.78 is 0. The number of carbonyl (C=O) groups excluding carboxylic acids is 1. The summed E-state index contributed by atoms with van der Waals surface area (Å²) in [6.07, 6.45) is 3.32. The topological polar surface area (TPSA) is 73.9 Å². The van der Waals surface area contributed by atoms with E-state index in [0.29, 0.717) is 22.5 Å². The number of benzene rings is 1. The first-order valence-electron chi connectivity index (χ1n) is 6.94. The molecule has 0 aliphatic heterocycles. The zero-order valence-corrected chi connectivity index (χ0v) is 12.7. The standard InChI is InChI=1S/C16H17N5O/c1-10-4-6-11(7-5-10)19-16-18-8-12-13(15(22)21(2)3)9-17-14(12)20-16/h4-9H,1-3H3,(H2,17,18,19,20). The van der Waals surface area contributed by atoms with E-state index in [1.807, 2.05) is 31.2 Å². The van der Waals surface area contributed by atoms with Crippen molar-refractivity contribution in [3.8, 4) is 0 Å². The number of rotatable bonds is 3. The maximum absolute atomic E-state index is 12.1. The first kappa shape index (κ1) is 14.1. The summed E-state index contributed by atoms with van der Waals surface area (Å²) in [5.74, 6) is 0.413. The largest absolute Gasteiger partial charge is 0.345 e. The lowest BCUT2D eigenvalue weighted by Crippen LogP contribution is -2.21. The van der Waals surface area contributed by atoms with Gasteiger partial charge in [0, 0.05) is 37.6 Å². The van der Waals surface area contributed by atoms with E-state index in [9.17, 15) is 4.79 Å². The molecule has 3 aromatic rings. The smallest absolute Gasteiger partial charge is 0.255 e. The molecule has 6 heteroatoms. The Balaban J connectivity index is 1.91. The Hall–Kier alpha value is -2.89. The Morgan fingerprint density at radius 2 is 1.95 bits per heavy atom. The van der Waals surface area contributed by atoms with Crippen molar-refractivity contribution in [3.63, 3.8) is 0 Å². The van der Waals surface area contributed by atoms with Gasteiger partial charge in [-0.15, -0.1) is 0 Å². The quantitative estimate of drug-likeness (QED) is 0.779. The predicted octanol–water partition coefficient (Wildman–Crippen LogP) is 2.71. The number of aromatic nitrogens is 3. The summed E-state index contributed by atoms with van der Waals surface area (Å²) in [4.78, 5) is 25.3. The minimum Gasteiger partial charge on any atom is -0.345 e. The van der Waals surface area contributed by atoms with E-state index in [4.69, 9.17) is 0 Å². The first-order chi connectivity index (χ1) is 10.5. The number of aryl methyl sites for hydroxylation is 1. The Bertz CT molecular complexity index is 820. The Morgan fingerprint density at radius 3 is 2.64 bits per heavy atom. The van der Waals surface area contributed by atoms with Crippen LogP contribution in [-0.2, 0) is 0 Å². The molecule has 2 aromatic heterocycles. The van der Waals surface area contributed by atoms with E-state index >= 15 is 0 Å². The summed E-state index contributed by atoms with van der Waals surface area (Å²) in [5.41, 5.74) is 3.32. The van der Waals surface area contributed by atoms with Gasteiger partial charge in [0.05, 0.1) is 5.56 Å². The Labute approximate surface area is 128 Å². The lowest BCUT2D eigenvalue weighted by atomic mass is 10.2. The zero-order valence-electron chi connectivity index (χ0n) is 12.7. The van der Waals surface area contributed by atoms with Crippen molar-refractivity contribution in [3.05, 3.63) is 47.8 Å². The van der Waals surface area contributed by atoms with Crippen LogP contribution in [0.25, 0.3) is 11.0 Å². The van der Waals surface area contributed by atoms with E-state index in [1.54, 1.807) is 26.5 Å². The van der Waals surface area contributed by atoms with Gasteiger partial charge in [-0.25, -0.2) is 4.98 Å². The molecule has 0 fully saturated rings. The number of nitrogens with zero attached hydrogens (tertiary/aromatic N) is 3. The second-order valence-electron chi connectivity index (χ2n) is 5.35. The maximum atomic E-state index is 12.1. The van der Waals surface area contributed by atoms with Gasteiger partial charge in [-0.2, -0.15) is 4.98 Å². The van der Waals surface area contributed by atoms with Gasteiger partial charge in [0.15, 0.2) is 0 Å². The summed E-state index contributed by atoms with van der Waals surface area (Å²) in [6, 6.07) is 7.98. The molecule has 0 radical (unpaired) electrons. The fourth-order valence-electron chi connectivity index (χ4n) is 2.15. The number of aromatic amines is 1. The summed E-state index contributed by atoms with van der Waals surface area (Å²) in [6.45, 7) is 2.04. The van der Waals surface area contributed by atoms with Crippen molar-refractivity contribution < 1.29 is 4.79 Å². The van der Waals surface area contributed by atoms with Crippen molar-refractivity contribution in [1.29, 1.82) is 0 Å². The summed E-state index contributed by atoms with van der Waals surface area (Å²) >= 11 is 0. The summed E-state index contributed by atoms with van der Waals surface area (Å²) in [7, 11) is 3.44. The highest BCUT2D eigenvalue weighted by Gasteiger charge is 2.15. The number of H-pyrrole nitrogens is 1. The average molecular weight is 295 g/mol. The molecule has 0 saturated heterocycles. The molecule has 0 atom stereocenters. The molecule has 22 heavy (non-hydrogen) atoms. The van der Waals surface area contributed by atoms with Gasteiger partial charge in [0.25, 0.3) is 5.91 Å². The van der Waals surface area contributed by atoms with Crippen molar-refractivity contribution in [2.24, 2.45) is 0 Å². The lowest BCUT2D eigenvalue weighted by Gasteiger charge is -2.08. The molecule has 0 unspecified atom stereocenters. The number of amides is 1. The monoisotopic (exact) mass is 295 g/mol. The second kappa shape index (κ2) is 5.48. The fourth-order valence-corrected chi connectivity index (χ4v) is 2.15. The minimum atomic E-state index is -0.0749. The molecule has 1 aromatic carbocycles. The van der Waals surface area contributed by atoms with Crippen molar-refractivity contribution in [2.45, 2.75) is 6.92 Å². The highest BCUT2D eigenvalue weighted by atomic mass is 16.2. The fraction of sp³-hybridized carbons (Fsp3) is 0.188. The number of hydrogen-bond donors (Lipinski definition) is 2. The van der Waals surface area contributed by atoms with Crippen LogP contribution in [0.2, 0.25) is 0 Å². The van der Waals surface area contributed by atoms with Gasteiger partial charge in [0.2, 0.25) is 5.95 Å². The SMILES string of the molecule is Cc1ccc(Nc2ncc3c(C(=O)N(C)C)c[nH]c3n2)cc1. The molecule has 0 aliphatic rings. The Kier molecular flexibility index (Phi) is 3.50. The van der Waals surface area contributed by atoms with Gasteiger partial charge in [0.1, 0.15) is 5.65 Å². The molecule has 6 nitrogen and oxygen atoms in total. The van der Waals surface area contributed by atoms with Crippen LogP contribution in [0.3, 0.4) is 0 Å². The molecule has 0 bridgehead atoms. The van der Waals surface area contributed by atoms with E-state index < -0.39 is 0 Å². The van der Waals surface area contributed by atoms with Crippen molar-refractivity contribution in [1.82, 2.24) is 19.9 Å². The van der Waals surface area contributed by atoms with Crippen molar-refractivity contribution in [2.75, 3.05) is 19.4 Å². The van der Waals surface area contributed by atoms with Crippen LogP contribution in [0.5, 0.6) is 0 Å². The number of anilines is 2. The van der Waals surface area contributed by atoms with Crippen molar-refractivity contribution >= 4 is 28.6 Å². The van der Waals surface area contributed by atoms with E-state index in [1.165, 1.54) is 10.5 Å². The zero-order chi connectivity index (χ0) is 15.7. The van der Waals surface area contributed by atoms with Crippen LogP contribution >= 0.6 is 0 Å². The number of nitrogens with one attached hydrogen (secondary N) is 2. The van der Waals surface area contributed by atoms with Crippen LogP contribution in [-0.4, -0.2) is 39.9 Å². The van der Waals surface area contributed by atoms with Crippen LogP contribution in [0, 0.1) is 6.92 Å². The molecule has 0 saturated carbocycles. The van der Waals surface area contributed by atoms with Crippen LogP contribution in [0.4, 0.5) is 11.6 Å². The first-order valence-corrected chi connectivity index (χ1v) is 6.94. The highest BCUT2D eigenvalue weighted by Crippen LogP contribution is 2.20. The number of hydrogen-bond acceptors (Lipinski definition) is 4. The third-order valence-electron chi connectivity index (χ3n) is 3.38. The Morgan fingerprint density at radius 1 is 1.23 bits per heavy atom. The van der Waals surface area contributed by atoms with E-state index in [0.717, 1.165) is 5.69 Å². The molecule has 2 heterocycles. The van der Waals surface area contributed by atoms with Crippen LogP contribution < -0.4 is 5.32 Å². The molecular formula is C16H17N5O. The molecular weight excluding hydrogens is 278 g/mol. The third kappa shape index (κ3) is 2.63. The molecule has 3 rings (SSSR count). The predicted molar refractivity (Wildman–Crippen MR) is 86.4 cm³/mol. The van der Waals surface area contributed by atoms with E-state index in [-0.39, 0.29) is 5.91 Å². The van der Waals surface area contributed by atoms with E-state index in [2.05, 4.69) is 20.3 Å². The maximum Gasteiger partial charge on any atom is 0.255 e. The van der Waals surface area contributed by atoms with Gasteiger partial charge in [-0.3, -0.25) is 4.79 Å². The van der Waals surface area contributed by atoms with Crippen LogP contribution in [0.1, 0.15) is 15.9 Å². The lowest BCUT2D eigenvalue weighted by molar-refractivity contribution is 0.0829. The summed E-state index contributed by atoms with van der Waals surface area (Å²) in [5, 5.41) is 3.86. The second-order valence-corrected chi connectivity index (χ2v) is 5.35. The van der Waals surface area contributed by atoms with Gasteiger partial charge in [-0.05, 0) is 19.1 Å². The minimum absolute atomic E-state index is 0.0749. The molecule has 112 valence electrons. The normalized spacial score (nSPS) is 10.7. The van der Waals surface area contributed by atoms with Gasteiger partial charge in [-0.1, -0.05) is 17.7 Å². The van der Waals surface area contributed by atoms with Gasteiger partial charge < -0.3 is 15.2 Å². The molecule has 0 spiro atoms. The molecule has 1 amide bonds.